The lowest BCUT2D eigenvalue weighted by Crippen LogP contribution is -1.92. The second-order valence-corrected chi connectivity index (χ2v) is 5.29. The minimum Gasteiger partial charge on any atom is -0.478 e. The maximum atomic E-state index is 10.4. The molecule has 0 radical (unpaired) electrons. The van der Waals surface area contributed by atoms with Crippen molar-refractivity contribution in [3.05, 3.63) is 19.2 Å². The Kier molecular flexibility index (Phi) is 2.49. The van der Waals surface area contributed by atoms with E-state index in [0.29, 0.717) is 9.35 Å². The Morgan fingerprint density at radius 1 is 1.60 bits per heavy atom. The van der Waals surface area contributed by atoms with Crippen LogP contribution in [0.2, 0.25) is 0 Å². The molecular weight excluding hydrogens is 284 g/mol. The van der Waals surface area contributed by atoms with Crippen LogP contribution in [-0.4, -0.2) is 11.1 Å². The van der Waals surface area contributed by atoms with Crippen molar-refractivity contribution in [1.82, 2.24) is 0 Å². The number of carboxylic acids is 1. The number of halogens is 2. The Hall–Kier alpha value is 0.130. The zero-order chi connectivity index (χ0) is 7.72. The van der Waals surface area contributed by atoms with Gasteiger partial charge in [-0.15, -0.1) is 11.3 Å². The van der Waals surface area contributed by atoms with Gasteiger partial charge in [0.25, 0.3) is 0 Å². The van der Waals surface area contributed by atoms with Crippen LogP contribution in [0.3, 0.4) is 0 Å². The Morgan fingerprint density at radius 3 is 2.40 bits per heavy atom. The predicted molar refractivity (Wildman–Crippen MR) is 46.7 cm³/mol. The van der Waals surface area contributed by atoms with E-state index in [1.54, 1.807) is 6.07 Å². The van der Waals surface area contributed by atoms with Crippen LogP contribution in [0.5, 0.6) is 0 Å². The van der Waals surface area contributed by atoms with Crippen LogP contribution < -0.4 is 0 Å². The molecule has 0 atom stereocenters. The Labute approximate surface area is 78.1 Å². The fourth-order valence-corrected chi connectivity index (χ4v) is 3.26. The quantitative estimate of drug-likeness (QED) is 0.861. The molecule has 1 rings (SSSR count). The summed E-state index contributed by atoms with van der Waals surface area (Å²) in [6.45, 7) is 0. The van der Waals surface area contributed by atoms with Crippen LogP contribution in [-0.2, 0) is 0 Å². The first-order valence-corrected chi connectivity index (χ1v) is 4.69. The van der Waals surface area contributed by atoms with Crippen molar-refractivity contribution in [2.45, 2.75) is 0 Å². The molecule has 0 aliphatic rings. The average molecular weight is 286 g/mol. The summed E-state index contributed by atoms with van der Waals surface area (Å²) in [5, 5.41) is 8.53. The maximum Gasteiger partial charge on any atom is 0.337 e. The van der Waals surface area contributed by atoms with Crippen LogP contribution in [0.4, 0.5) is 0 Å². The summed E-state index contributed by atoms with van der Waals surface area (Å²) in [7, 11) is 0. The van der Waals surface area contributed by atoms with E-state index >= 15 is 0 Å². The number of aromatic carboxylic acids is 1. The molecule has 54 valence electrons. The Bertz CT molecular complexity index is 269. The van der Waals surface area contributed by atoms with Gasteiger partial charge in [0.2, 0.25) is 0 Å². The third-order valence-electron chi connectivity index (χ3n) is 0.887. The molecule has 1 N–H and O–H groups in total. The van der Waals surface area contributed by atoms with Gasteiger partial charge >= 0.3 is 5.97 Å². The fraction of sp³-hybridized carbons (Fsp3) is 0. The fourth-order valence-electron chi connectivity index (χ4n) is 0.486. The van der Waals surface area contributed by atoms with E-state index in [1.807, 2.05) is 0 Å². The summed E-state index contributed by atoms with van der Waals surface area (Å²) in [4.78, 5) is 10.4. The minimum absolute atomic E-state index is 0.303. The first kappa shape index (κ1) is 8.23. The van der Waals surface area contributed by atoms with Crippen LogP contribution in [0.15, 0.2) is 13.6 Å². The predicted octanol–water partition coefficient (Wildman–Crippen LogP) is 2.97. The van der Waals surface area contributed by atoms with Gasteiger partial charge < -0.3 is 5.11 Å². The summed E-state index contributed by atoms with van der Waals surface area (Å²) in [5.41, 5.74) is 0.303. The molecule has 1 aromatic heterocycles. The smallest absolute Gasteiger partial charge is 0.337 e. The normalized spacial score (nSPS) is 9.80. The van der Waals surface area contributed by atoms with Crippen LogP contribution in [0.1, 0.15) is 10.4 Å². The number of carboxylic acid groups (broad SMARTS) is 1. The molecular formula is C5H2Br2O2S. The van der Waals surface area contributed by atoms with E-state index in [1.165, 1.54) is 11.3 Å². The molecule has 10 heavy (non-hydrogen) atoms. The number of thiophene rings is 1. The monoisotopic (exact) mass is 284 g/mol. The maximum absolute atomic E-state index is 10.4. The standard InChI is InChI=1S/C5H2Br2O2S/c6-3-1-2(5(8)9)4(7)10-3/h1H,(H,8,9). The molecule has 0 unspecified atom stereocenters. The molecule has 0 aliphatic carbocycles. The molecule has 0 bridgehead atoms. The molecule has 1 aromatic rings. The van der Waals surface area contributed by atoms with Gasteiger partial charge in [0.1, 0.15) is 0 Å². The van der Waals surface area contributed by atoms with Crippen molar-refractivity contribution in [1.29, 1.82) is 0 Å². The lowest BCUT2D eigenvalue weighted by atomic mass is 10.4. The van der Waals surface area contributed by atoms with E-state index in [0.717, 1.165) is 3.79 Å². The lowest BCUT2D eigenvalue weighted by molar-refractivity contribution is 0.0696. The molecule has 2 nitrogen and oxygen atoms in total. The topological polar surface area (TPSA) is 37.3 Å². The third-order valence-corrected chi connectivity index (χ3v) is 3.23. The van der Waals surface area contributed by atoms with E-state index in [4.69, 9.17) is 5.11 Å². The first-order valence-electron chi connectivity index (χ1n) is 2.29. The highest BCUT2D eigenvalue weighted by atomic mass is 79.9. The van der Waals surface area contributed by atoms with Gasteiger partial charge in [-0.25, -0.2) is 4.79 Å². The largest absolute Gasteiger partial charge is 0.478 e. The molecule has 0 fully saturated rings. The van der Waals surface area contributed by atoms with Crippen molar-refractivity contribution < 1.29 is 9.90 Å². The second kappa shape index (κ2) is 3.02. The zero-order valence-corrected chi connectivity index (χ0v) is 8.59. The van der Waals surface area contributed by atoms with Crippen LogP contribution >= 0.6 is 43.2 Å². The number of carbonyl (C=O) groups is 1. The van der Waals surface area contributed by atoms with E-state index in [2.05, 4.69) is 31.9 Å². The summed E-state index contributed by atoms with van der Waals surface area (Å²) in [5.74, 6) is -0.908. The van der Waals surface area contributed by atoms with Gasteiger partial charge in [-0.2, -0.15) is 0 Å². The van der Waals surface area contributed by atoms with Crippen LogP contribution in [0, 0.1) is 0 Å². The third kappa shape index (κ3) is 1.59. The SMILES string of the molecule is O=C(O)c1cc(Br)sc1Br. The van der Waals surface area contributed by atoms with Gasteiger partial charge in [0, 0.05) is 0 Å². The highest BCUT2D eigenvalue weighted by molar-refractivity contribution is 9.12. The van der Waals surface area contributed by atoms with Gasteiger partial charge in [-0.1, -0.05) is 0 Å². The number of rotatable bonds is 1. The summed E-state index contributed by atoms with van der Waals surface area (Å²) < 4.78 is 1.46. The van der Waals surface area contributed by atoms with Gasteiger partial charge in [0.15, 0.2) is 0 Å². The Morgan fingerprint density at radius 2 is 2.20 bits per heavy atom. The average Bonchev–Trinajstić information content (AvgIpc) is 2.10. The van der Waals surface area contributed by atoms with E-state index < -0.39 is 5.97 Å². The van der Waals surface area contributed by atoms with E-state index in [9.17, 15) is 4.79 Å². The molecule has 1 heterocycles. The zero-order valence-electron chi connectivity index (χ0n) is 4.60. The molecule has 0 saturated carbocycles. The van der Waals surface area contributed by atoms with Gasteiger partial charge in [0.05, 0.1) is 13.1 Å². The number of hydrogen-bond acceptors (Lipinski definition) is 2. The molecule has 0 spiro atoms. The summed E-state index contributed by atoms with van der Waals surface area (Å²) in [6, 6.07) is 1.57. The summed E-state index contributed by atoms with van der Waals surface area (Å²) in [6.07, 6.45) is 0. The van der Waals surface area contributed by atoms with Gasteiger partial charge in [-0.3, -0.25) is 0 Å². The van der Waals surface area contributed by atoms with Crippen molar-refractivity contribution in [3.8, 4) is 0 Å². The first-order chi connectivity index (χ1) is 4.61. The lowest BCUT2D eigenvalue weighted by Gasteiger charge is -1.84. The van der Waals surface area contributed by atoms with Crippen molar-refractivity contribution in [3.63, 3.8) is 0 Å². The minimum atomic E-state index is -0.908. The number of hydrogen-bond donors (Lipinski definition) is 1. The van der Waals surface area contributed by atoms with Crippen molar-refractivity contribution in [2.24, 2.45) is 0 Å². The van der Waals surface area contributed by atoms with Crippen molar-refractivity contribution >= 4 is 49.2 Å². The highest BCUT2D eigenvalue weighted by Crippen LogP contribution is 2.31. The van der Waals surface area contributed by atoms with E-state index in [-0.39, 0.29) is 0 Å². The van der Waals surface area contributed by atoms with Crippen LogP contribution in [0.25, 0.3) is 0 Å². The van der Waals surface area contributed by atoms with Crippen molar-refractivity contribution in [2.75, 3.05) is 0 Å². The molecule has 0 aliphatic heterocycles. The van der Waals surface area contributed by atoms with Gasteiger partial charge in [-0.05, 0) is 37.9 Å². The highest BCUT2D eigenvalue weighted by Gasteiger charge is 2.10. The second-order valence-electron chi connectivity index (χ2n) is 1.54. The summed E-state index contributed by atoms with van der Waals surface area (Å²) >= 11 is 7.65. The Balaban J connectivity index is 3.15. The molecule has 0 saturated heterocycles. The molecule has 0 amide bonds. The molecule has 0 aromatic carbocycles. The molecule has 5 heteroatoms.